The molecule has 0 aromatic carbocycles. The number of hydrogen-bond acceptors (Lipinski definition) is 4. The van der Waals surface area contributed by atoms with Crippen molar-refractivity contribution < 1.29 is 18.3 Å². The third-order valence-electron chi connectivity index (χ3n) is 3.21. The average Bonchev–Trinajstić information content (AvgIpc) is 2.37. The molecule has 1 heterocycles. The number of thioether (sulfide) groups is 1. The highest BCUT2D eigenvalue weighted by Crippen LogP contribution is 2.19. The van der Waals surface area contributed by atoms with Crippen LogP contribution in [0.15, 0.2) is 0 Å². The molecule has 2 N–H and O–H groups in total. The van der Waals surface area contributed by atoms with E-state index in [2.05, 4.69) is 4.72 Å². The van der Waals surface area contributed by atoms with Gasteiger partial charge < -0.3 is 5.11 Å². The first-order chi connectivity index (χ1) is 8.86. The number of piperidine rings is 1. The van der Waals surface area contributed by atoms with E-state index in [1.54, 1.807) is 11.8 Å². The van der Waals surface area contributed by atoms with Gasteiger partial charge in [0.2, 0.25) is 0 Å². The van der Waals surface area contributed by atoms with Crippen molar-refractivity contribution in [2.45, 2.75) is 19.8 Å². The highest BCUT2D eigenvalue weighted by molar-refractivity contribution is 7.98. The predicted molar refractivity (Wildman–Crippen MR) is 76.4 cm³/mol. The van der Waals surface area contributed by atoms with Crippen molar-refractivity contribution in [3.05, 3.63) is 0 Å². The van der Waals surface area contributed by atoms with E-state index in [9.17, 15) is 13.2 Å². The Kier molecular flexibility index (Phi) is 6.58. The molecule has 112 valence electrons. The van der Waals surface area contributed by atoms with Crippen LogP contribution >= 0.6 is 11.8 Å². The van der Waals surface area contributed by atoms with Crippen LogP contribution in [-0.4, -0.2) is 55.4 Å². The Labute approximate surface area is 119 Å². The molecule has 0 aromatic rings. The fourth-order valence-corrected chi connectivity index (χ4v) is 4.08. The number of carbonyl (C=O) groups is 1. The maximum Gasteiger partial charge on any atom is 0.306 e. The Balaban J connectivity index is 2.44. The normalized spacial score (nSPS) is 20.3. The quantitative estimate of drug-likeness (QED) is 0.720. The fraction of sp³-hybridized carbons (Fsp3) is 0.909. The van der Waals surface area contributed by atoms with E-state index in [1.165, 1.54) is 4.31 Å². The first kappa shape index (κ1) is 16.7. The molecule has 19 heavy (non-hydrogen) atoms. The number of nitrogens with one attached hydrogen (secondary N) is 1. The molecule has 0 bridgehead atoms. The lowest BCUT2D eigenvalue weighted by molar-refractivity contribution is -0.142. The van der Waals surface area contributed by atoms with Crippen molar-refractivity contribution in [1.82, 2.24) is 9.03 Å². The number of nitrogens with zero attached hydrogens (tertiary/aromatic N) is 1. The first-order valence-electron chi connectivity index (χ1n) is 6.33. The lowest BCUT2D eigenvalue weighted by atomic mass is 9.99. The summed E-state index contributed by atoms with van der Waals surface area (Å²) in [6, 6.07) is 0. The van der Waals surface area contributed by atoms with Gasteiger partial charge in [-0.1, -0.05) is 6.92 Å². The Morgan fingerprint density at radius 2 is 2.05 bits per heavy atom. The Morgan fingerprint density at radius 3 is 2.53 bits per heavy atom. The minimum absolute atomic E-state index is 0.279. The van der Waals surface area contributed by atoms with Gasteiger partial charge in [-0.25, -0.2) is 4.72 Å². The zero-order valence-corrected chi connectivity index (χ0v) is 13.0. The molecule has 0 amide bonds. The van der Waals surface area contributed by atoms with Gasteiger partial charge in [-0.15, -0.1) is 0 Å². The molecule has 1 atom stereocenters. The van der Waals surface area contributed by atoms with Crippen LogP contribution in [0.4, 0.5) is 0 Å². The van der Waals surface area contributed by atoms with E-state index in [0.717, 1.165) is 5.75 Å². The Morgan fingerprint density at radius 1 is 1.47 bits per heavy atom. The summed E-state index contributed by atoms with van der Waals surface area (Å²) >= 11 is 1.69. The summed E-state index contributed by atoms with van der Waals surface area (Å²) < 4.78 is 28.0. The number of carboxylic acids is 1. The van der Waals surface area contributed by atoms with Gasteiger partial charge in [-0.3, -0.25) is 4.79 Å². The topological polar surface area (TPSA) is 86.7 Å². The van der Waals surface area contributed by atoms with Crippen LogP contribution < -0.4 is 4.72 Å². The molecule has 8 heteroatoms. The number of rotatable bonds is 7. The standard InChI is InChI=1S/C11H22N2O4S2/c1-9(8-18-2)7-12-19(16,17)13-5-3-10(4-6-13)11(14)15/h9-10,12H,3-8H2,1-2H3,(H,14,15). The summed E-state index contributed by atoms with van der Waals surface area (Å²) in [5.74, 6) is -0.0642. The van der Waals surface area contributed by atoms with Gasteiger partial charge in [0.15, 0.2) is 0 Å². The highest BCUT2D eigenvalue weighted by atomic mass is 32.2. The SMILES string of the molecule is CSCC(C)CNS(=O)(=O)N1CCC(C(=O)O)CC1. The number of aliphatic carboxylic acids is 1. The molecule has 1 aliphatic rings. The monoisotopic (exact) mass is 310 g/mol. The molecule has 0 radical (unpaired) electrons. The molecule has 0 saturated carbocycles. The van der Waals surface area contributed by atoms with E-state index in [-0.39, 0.29) is 19.0 Å². The zero-order chi connectivity index (χ0) is 14.5. The molecular weight excluding hydrogens is 288 g/mol. The zero-order valence-electron chi connectivity index (χ0n) is 11.3. The average molecular weight is 310 g/mol. The maximum atomic E-state index is 12.0. The van der Waals surface area contributed by atoms with Gasteiger partial charge >= 0.3 is 5.97 Å². The van der Waals surface area contributed by atoms with Crippen LogP contribution in [0.5, 0.6) is 0 Å². The van der Waals surface area contributed by atoms with Crippen molar-refractivity contribution >= 4 is 27.9 Å². The summed E-state index contributed by atoms with van der Waals surface area (Å²) in [6.07, 6.45) is 2.76. The number of carboxylic acid groups (broad SMARTS) is 1. The summed E-state index contributed by atoms with van der Waals surface area (Å²) in [5.41, 5.74) is 0. The molecule has 1 fully saturated rings. The van der Waals surface area contributed by atoms with Crippen LogP contribution in [0.2, 0.25) is 0 Å². The van der Waals surface area contributed by atoms with Crippen LogP contribution in [-0.2, 0) is 15.0 Å². The van der Waals surface area contributed by atoms with Crippen LogP contribution in [0.3, 0.4) is 0 Å². The third kappa shape index (κ3) is 5.29. The van der Waals surface area contributed by atoms with E-state index in [4.69, 9.17) is 5.11 Å². The minimum Gasteiger partial charge on any atom is -0.481 e. The molecule has 6 nitrogen and oxygen atoms in total. The highest BCUT2D eigenvalue weighted by Gasteiger charge is 2.30. The van der Waals surface area contributed by atoms with Crippen molar-refractivity contribution in [3.63, 3.8) is 0 Å². The van der Waals surface area contributed by atoms with E-state index in [1.807, 2.05) is 13.2 Å². The van der Waals surface area contributed by atoms with Crippen molar-refractivity contribution in [2.75, 3.05) is 31.6 Å². The lowest BCUT2D eigenvalue weighted by Crippen LogP contribution is -2.46. The van der Waals surface area contributed by atoms with Gasteiger partial charge in [0.25, 0.3) is 10.2 Å². The molecule has 1 rings (SSSR count). The largest absolute Gasteiger partial charge is 0.481 e. The Hall–Kier alpha value is -0.310. The van der Waals surface area contributed by atoms with E-state index < -0.39 is 22.1 Å². The number of hydrogen-bond donors (Lipinski definition) is 2. The van der Waals surface area contributed by atoms with E-state index in [0.29, 0.717) is 19.4 Å². The molecule has 0 aromatic heterocycles. The molecule has 1 unspecified atom stereocenters. The summed E-state index contributed by atoms with van der Waals surface area (Å²) in [7, 11) is -3.46. The molecule has 0 aliphatic carbocycles. The maximum absolute atomic E-state index is 12.0. The Bertz CT molecular complexity index is 391. The molecular formula is C11H22N2O4S2. The summed E-state index contributed by atoms with van der Waals surface area (Å²) in [6.45, 7) is 2.98. The molecule has 1 saturated heterocycles. The second-order valence-corrected chi connectivity index (χ2v) is 7.59. The van der Waals surface area contributed by atoms with Crippen molar-refractivity contribution in [1.29, 1.82) is 0 Å². The predicted octanol–water partition coefficient (Wildman–Crippen LogP) is 0.617. The van der Waals surface area contributed by atoms with Gasteiger partial charge in [0.1, 0.15) is 0 Å². The van der Waals surface area contributed by atoms with Gasteiger partial charge in [0.05, 0.1) is 5.92 Å². The fourth-order valence-electron chi connectivity index (χ4n) is 2.03. The molecule has 1 aliphatic heterocycles. The third-order valence-corrected chi connectivity index (χ3v) is 5.69. The van der Waals surface area contributed by atoms with E-state index >= 15 is 0 Å². The van der Waals surface area contributed by atoms with Crippen molar-refractivity contribution in [2.24, 2.45) is 11.8 Å². The first-order valence-corrected chi connectivity index (χ1v) is 9.16. The molecule has 0 spiro atoms. The van der Waals surface area contributed by atoms with Gasteiger partial charge in [-0.05, 0) is 30.8 Å². The summed E-state index contributed by atoms with van der Waals surface area (Å²) in [4.78, 5) is 10.8. The van der Waals surface area contributed by atoms with Gasteiger partial charge in [-0.2, -0.15) is 24.5 Å². The second kappa shape index (κ2) is 7.47. The smallest absolute Gasteiger partial charge is 0.306 e. The van der Waals surface area contributed by atoms with Crippen molar-refractivity contribution in [3.8, 4) is 0 Å². The summed E-state index contributed by atoms with van der Waals surface area (Å²) in [5, 5.41) is 8.88. The lowest BCUT2D eigenvalue weighted by Gasteiger charge is -2.29. The van der Waals surface area contributed by atoms with Gasteiger partial charge in [0, 0.05) is 19.6 Å². The minimum atomic E-state index is -3.46. The van der Waals surface area contributed by atoms with Crippen LogP contribution in [0.1, 0.15) is 19.8 Å². The van der Waals surface area contributed by atoms with Crippen LogP contribution in [0, 0.1) is 11.8 Å². The van der Waals surface area contributed by atoms with Crippen LogP contribution in [0.25, 0.3) is 0 Å². The second-order valence-electron chi connectivity index (χ2n) is 4.93.